The number of hydrogen-bond donors (Lipinski definition) is 4. The zero-order chi connectivity index (χ0) is 27.0. The Morgan fingerprint density at radius 3 is 2.65 bits per heavy atom. The van der Waals surface area contributed by atoms with Gasteiger partial charge in [0.05, 0.1) is 19.5 Å². The van der Waals surface area contributed by atoms with E-state index < -0.39 is 49.9 Å². The largest absolute Gasteiger partial charge is 0.468 e. The number of para-hydroxylation sites is 1. The van der Waals surface area contributed by atoms with E-state index in [2.05, 4.69) is 20.0 Å². The number of anilines is 1. The van der Waals surface area contributed by atoms with Gasteiger partial charge in [0.2, 0.25) is 0 Å². The first kappa shape index (κ1) is 26.9. The fraction of sp³-hybridized carbons (Fsp3) is 0.455. The molecule has 0 amide bonds. The molecule has 4 rings (SSSR count). The SMILES string of the molecule is COC(=O)[C@H](C)NP(=O)(Oc1ccccc1)OC(C)C1O[C@@H](n2cnc3c(N)ncnc32)[C@](C)(O)C1O. The van der Waals surface area contributed by atoms with Crippen LogP contribution in [-0.4, -0.2) is 72.8 Å². The lowest BCUT2D eigenvalue weighted by Gasteiger charge is -2.29. The van der Waals surface area contributed by atoms with Gasteiger partial charge >= 0.3 is 13.7 Å². The lowest BCUT2D eigenvalue weighted by molar-refractivity contribution is -0.142. The van der Waals surface area contributed by atoms with Crippen LogP contribution in [0.4, 0.5) is 5.82 Å². The Morgan fingerprint density at radius 2 is 1.97 bits per heavy atom. The van der Waals surface area contributed by atoms with Crippen LogP contribution >= 0.6 is 7.75 Å². The summed E-state index contributed by atoms with van der Waals surface area (Å²) in [5.74, 6) is -0.343. The van der Waals surface area contributed by atoms with Gasteiger partial charge < -0.3 is 29.9 Å². The second-order valence-corrected chi connectivity index (χ2v) is 10.4. The molecule has 37 heavy (non-hydrogen) atoms. The van der Waals surface area contributed by atoms with Crippen LogP contribution in [0.25, 0.3) is 11.2 Å². The molecule has 0 saturated carbocycles. The zero-order valence-corrected chi connectivity index (χ0v) is 21.5. The summed E-state index contributed by atoms with van der Waals surface area (Å²) in [6.07, 6.45) is -2.34. The van der Waals surface area contributed by atoms with E-state index in [4.69, 9.17) is 24.3 Å². The number of nitrogens with zero attached hydrogens (tertiary/aromatic N) is 4. The molecule has 14 nitrogen and oxygen atoms in total. The van der Waals surface area contributed by atoms with Crippen LogP contribution in [0.15, 0.2) is 43.0 Å². The molecule has 0 radical (unpaired) electrons. The number of aromatic nitrogens is 4. The molecule has 1 fully saturated rings. The highest BCUT2D eigenvalue weighted by Crippen LogP contribution is 2.49. The Balaban J connectivity index is 1.60. The average Bonchev–Trinajstić information content (AvgIpc) is 3.38. The summed E-state index contributed by atoms with van der Waals surface area (Å²) in [7, 11) is -3.06. The average molecular weight is 536 g/mol. The predicted octanol–water partition coefficient (Wildman–Crippen LogP) is 1.16. The Bertz CT molecular complexity index is 1300. The number of aliphatic hydroxyl groups excluding tert-OH is 1. The molecule has 3 aromatic rings. The monoisotopic (exact) mass is 536 g/mol. The fourth-order valence-corrected chi connectivity index (χ4v) is 5.73. The zero-order valence-electron chi connectivity index (χ0n) is 20.6. The molecule has 15 heteroatoms. The molecular formula is C22H29N6O8P. The Kier molecular flexibility index (Phi) is 7.51. The molecule has 1 aromatic carbocycles. The molecule has 0 bridgehead atoms. The number of nitrogens with one attached hydrogen (secondary N) is 1. The number of nitrogens with two attached hydrogens (primary N) is 1. The Morgan fingerprint density at radius 1 is 1.27 bits per heavy atom. The number of imidazole rings is 1. The third-order valence-electron chi connectivity index (χ3n) is 5.98. The molecular weight excluding hydrogens is 507 g/mol. The molecule has 200 valence electrons. The minimum Gasteiger partial charge on any atom is -0.468 e. The van der Waals surface area contributed by atoms with Crippen LogP contribution < -0.4 is 15.3 Å². The van der Waals surface area contributed by atoms with Crippen LogP contribution in [-0.2, 0) is 23.4 Å². The molecule has 1 aliphatic rings. The number of carbonyl (C=O) groups is 1. The van der Waals surface area contributed by atoms with E-state index in [9.17, 15) is 19.6 Å². The smallest absolute Gasteiger partial charge is 0.459 e. The van der Waals surface area contributed by atoms with Gasteiger partial charge in [-0.1, -0.05) is 18.2 Å². The number of methoxy groups -OCH3 is 1. The number of nitrogen functional groups attached to an aromatic ring is 1. The van der Waals surface area contributed by atoms with E-state index in [-0.39, 0.29) is 17.2 Å². The second-order valence-electron chi connectivity index (χ2n) is 8.79. The highest BCUT2D eigenvalue weighted by atomic mass is 31.2. The van der Waals surface area contributed by atoms with Gasteiger partial charge in [-0.05, 0) is 32.9 Å². The Labute approximate surface area is 212 Å². The van der Waals surface area contributed by atoms with Crippen molar-refractivity contribution in [2.75, 3.05) is 12.8 Å². The fourth-order valence-electron chi connectivity index (χ4n) is 4.04. The van der Waals surface area contributed by atoms with Gasteiger partial charge in [0, 0.05) is 0 Å². The number of esters is 1. The summed E-state index contributed by atoms with van der Waals surface area (Å²) in [4.78, 5) is 24.2. The van der Waals surface area contributed by atoms with Crippen molar-refractivity contribution in [3.8, 4) is 5.75 Å². The van der Waals surface area contributed by atoms with Crippen LogP contribution in [0.5, 0.6) is 5.75 Å². The van der Waals surface area contributed by atoms with Gasteiger partial charge in [-0.3, -0.25) is 13.9 Å². The van der Waals surface area contributed by atoms with Crippen LogP contribution in [0.3, 0.4) is 0 Å². The second kappa shape index (κ2) is 10.3. The van der Waals surface area contributed by atoms with Gasteiger partial charge in [0.1, 0.15) is 41.4 Å². The number of benzene rings is 1. The molecule has 0 aliphatic carbocycles. The topological polar surface area (TPSA) is 193 Å². The van der Waals surface area contributed by atoms with E-state index in [0.717, 1.165) is 0 Å². The minimum absolute atomic E-state index is 0.139. The standard InChI is InChI=1S/C22H29N6O8P/c1-12(20(30)33-4)27-37(32,36-14-8-6-5-7-9-14)35-13(2)16-17(29)22(3,31)21(34-16)28-11-26-15-18(23)24-10-25-19(15)28/h5-13,16-17,21,29,31H,1-4H3,(H,27,32)(H2,23,24,25)/t12-,13?,16?,17?,21+,22+,37?/m0/s1. The molecule has 1 aliphatic heterocycles. The highest BCUT2D eigenvalue weighted by Gasteiger charge is 2.56. The maximum Gasteiger partial charge on any atom is 0.459 e. The summed E-state index contributed by atoms with van der Waals surface area (Å²) >= 11 is 0. The first-order valence-corrected chi connectivity index (χ1v) is 12.9. The molecule has 4 unspecified atom stereocenters. The molecule has 0 spiro atoms. The van der Waals surface area contributed by atoms with Crippen LogP contribution in [0.2, 0.25) is 0 Å². The number of hydrogen-bond acceptors (Lipinski definition) is 12. The summed E-state index contributed by atoms with van der Waals surface area (Å²) in [5.41, 5.74) is 4.60. The van der Waals surface area contributed by atoms with Gasteiger partial charge in [0.25, 0.3) is 0 Å². The van der Waals surface area contributed by atoms with Crippen LogP contribution in [0, 0.1) is 0 Å². The van der Waals surface area contributed by atoms with Crippen molar-refractivity contribution in [3.63, 3.8) is 0 Å². The van der Waals surface area contributed by atoms with E-state index in [1.807, 2.05) is 0 Å². The van der Waals surface area contributed by atoms with Gasteiger partial charge in [-0.2, -0.15) is 5.09 Å². The number of aliphatic hydroxyl groups is 2. The van der Waals surface area contributed by atoms with Crippen molar-refractivity contribution in [1.82, 2.24) is 24.6 Å². The van der Waals surface area contributed by atoms with Crippen molar-refractivity contribution in [2.45, 2.75) is 57.0 Å². The molecule has 7 atom stereocenters. The maximum atomic E-state index is 13.8. The van der Waals surface area contributed by atoms with Gasteiger partial charge in [-0.25, -0.2) is 19.5 Å². The number of carbonyl (C=O) groups excluding carboxylic acids is 1. The van der Waals surface area contributed by atoms with Crippen molar-refractivity contribution < 1.29 is 38.1 Å². The van der Waals surface area contributed by atoms with E-state index in [1.54, 1.807) is 30.3 Å². The molecule has 5 N–H and O–H groups in total. The van der Waals surface area contributed by atoms with E-state index in [0.29, 0.717) is 5.52 Å². The quantitative estimate of drug-likeness (QED) is 0.225. The number of fused-ring (bicyclic) bond motifs is 1. The number of ether oxygens (including phenoxy) is 2. The third-order valence-corrected chi connectivity index (χ3v) is 7.74. The first-order chi connectivity index (χ1) is 17.5. The third kappa shape index (κ3) is 5.30. The normalized spacial score (nSPS) is 26.9. The Hall–Kier alpha value is -3.13. The summed E-state index contributed by atoms with van der Waals surface area (Å²) in [6, 6.07) is 7.15. The molecule has 1 saturated heterocycles. The number of rotatable bonds is 9. The van der Waals surface area contributed by atoms with Gasteiger partial charge in [-0.15, -0.1) is 0 Å². The van der Waals surface area contributed by atoms with Crippen molar-refractivity contribution >= 4 is 30.7 Å². The van der Waals surface area contributed by atoms with Gasteiger partial charge in [0.15, 0.2) is 17.7 Å². The van der Waals surface area contributed by atoms with Crippen molar-refractivity contribution in [2.24, 2.45) is 0 Å². The lowest BCUT2D eigenvalue weighted by atomic mass is 9.94. The van der Waals surface area contributed by atoms with Crippen molar-refractivity contribution in [1.29, 1.82) is 0 Å². The maximum absolute atomic E-state index is 13.8. The minimum atomic E-state index is -4.25. The highest BCUT2D eigenvalue weighted by molar-refractivity contribution is 7.52. The molecule has 3 heterocycles. The first-order valence-electron chi connectivity index (χ1n) is 11.3. The van der Waals surface area contributed by atoms with Crippen molar-refractivity contribution in [3.05, 3.63) is 43.0 Å². The lowest BCUT2D eigenvalue weighted by Crippen LogP contribution is -2.46. The van der Waals surface area contributed by atoms with Crippen LogP contribution in [0.1, 0.15) is 27.0 Å². The molecule has 2 aromatic heterocycles. The summed E-state index contributed by atoms with van der Waals surface area (Å²) in [5, 5.41) is 24.7. The summed E-state index contributed by atoms with van der Waals surface area (Å²) < 4.78 is 37.3. The predicted molar refractivity (Wildman–Crippen MR) is 130 cm³/mol. The van der Waals surface area contributed by atoms with E-state index in [1.165, 1.54) is 45.1 Å². The van der Waals surface area contributed by atoms with E-state index >= 15 is 0 Å². The summed E-state index contributed by atoms with van der Waals surface area (Å²) in [6.45, 7) is 4.30.